The monoisotopic (exact) mass is 175 g/mol. The van der Waals surface area contributed by atoms with Crippen molar-refractivity contribution in [3.8, 4) is 0 Å². The molecule has 0 aliphatic carbocycles. The SMILES string of the molecule is CC.CCNC(=O)OC(C)(C)C. The van der Waals surface area contributed by atoms with E-state index in [9.17, 15) is 4.79 Å². The van der Waals surface area contributed by atoms with E-state index in [1.165, 1.54) is 0 Å². The molecule has 3 nitrogen and oxygen atoms in total. The van der Waals surface area contributed by atoms with Gasteiger partial charge in [0, 0.05) is 6.54 Å². The molecular weight excluding hydrogens is 154 g/mol. The van der Waals surface area contributed by atoms with E-state index in [0.717, 1.165) is 0 Å². The predicted molar refractivity (Wildman–Crippen MR) is 51.3 cm³/mol. The number of nitrogens with one attached hydrogen (secondary N) is 1. The first-order valence-electron chi connectivity index (χ1n) is 4.42. The highest BCUT2D eigenvalue weighted by Gasteiger charge is 2.14. The zero-order valence-electron chi connectivity index (χ0n) is 9.02. The van der Waals surface area contributed by atoms with Gasteiger partial charge >= 0.3 is 6.09 Å². The standard InChI is InChI=1S/C7H15NO2.C2H6/c1-5-8-6(9)10-7(2,3)4;1-2/h5H2,1-4H3,(H,8,9);1-2H3. The van der Waals surface area contributed by atoms with Crippen LogP contribution in [0.25, 0.3) is 0 Å². The first kappa shape index (κ1) is 13.8. The smallest absolute Gasteiger partial charge is 0.407 e. The third-order valence-corrected chi connectivity index (χ3v) is 0.720. The van der Waals surface area contributed by atoms with Gasteiger partial charge < -0.3 is 10.1 Å². The molecule has 0 fully saturated rings. The van der Waals surface area contributed by atoms with Gasteiger partial charge in [0.15, 0.2) is 0 Å². The second-order valence-corrected chi connectivity index (χ2v) is 3.03. The van der Waals surface area contributed by atoms with Crippen LogP contribution in [0.2, 0.25) is 0 Å². The molecule has 1 amide bonds. The summed E-state index contributed by atoms with van der Waals surface area (Å²) < 4.78 is 4.93. The fourth-order valence-corrected chi connectivity index (χ4v) is 0.459. The van der Waals surface area contributed by atoms with Crippen LogP contribution < -0.4 is 5.32 Å². The largest absolute Gasteiger partial charge is 0.444 e. The lowest BCUT2D eigenvalue weighted by Gasteiger charge is -2.19. The Morgan fingerprint density at radius 1 is 1.33 bits per heavy atom. The molecule has 0 aromatic rings. The van der Waals surface area contributed by atoms with Gasteiger partial charge in [-0.05, 0) is 27.7 Å². The zero-order chi connectivity index (χ0) is 10.2. The summed E-state index contributed by atoms with van der Waals surface area (Å²) in [5, 5.41) is 2.54. The summed E-state index contributed by atoms with van der Waals surface area (Å²) in [5.74, 6) is 0. The molecule has 0 saturated carbocycles. The van der Waals surface area contributed by atoms with Crippen LogP contribution in [0.1, 0.15) is 41.5 Å². The summed E-state index contributed by atoms with van der Waals surface area (Å²) in [6.07, 6.45) is -0.352. The number of ether oxygens (including phenoxy) is 1. The molecule has 0 radical (unpaired) electrons. The highest BCUT2D eigenvalue weighted by atomic mass is 16.6. The molecule has 12 heavy (non-hydrogen) atoms. The molecule has 0 atom stereocenters. The average Bonchev–Trinajstić information content (AvgIpc) is 1.88. The van der Waals surface area contributed by atoms with Crippen LogP contribution in [-0.2, 0) is 4.74 Å². The fourth-order valence-electron chi connectivity index (χ4n) is 0.459. The summed E-state index contributed by atoms with van der Waals surface area (Å²) in [4.78, 5) is 10.7. The number of amides is 1. The Hall–Kier alpha value is -0.730. The third kappa shape index (κ3) is 12.0. The number of carbonyl (C=O) groups is 1. The summed E-state index contributed by atoms with van der Waals surface area (Å²) in [6.45, 7) is 12.0. The molecule has 0 aliphatic rings. The fraction of sp³-hybridized carbons (Fsp3) is 0.889. The maximum Gasteiger partial charge on any atom is 0.407 e. The number of hydrogen-bond donors (Lipinski definition) is 1. The Balaban J connectivity index is 0. The molecule has 0 saturated heterocycles. The van der Waals surface area contributed by atoms with Crippen molar-refractivity contribution in [2.45, 2.75) is 47.1 Å². The Labute approximate surface area is 75.5 Å². The molecule has 0 bridgehead atoms. The minimum atomic E-state index is -0.390. The number of alkyl carbamates (subject to hydrolysis) is 1. The van der Waals surface area contributed by atoms with Crippen molar-refractivity contribution in [2.75, 3.05) is 6.54 Å². The normalized spacial score (nSPS) is 9.50. The number of rotatable bonds is 1. The van der Waals surface area contributed by atoms with E-state index in [2.05, 4.69) is 5.32 Å². The van der Waals surface area contributed by atoms with E-state index < -0.39 is 0 Å². The van der Waals surface area contributed by atoms with E-state index in [1.807, 2.05) is 41.5 Å². The van der Waals surface area contributed by atoms with E-state index in [0.29, 0.717) is 6.54 Å². The van der Waals surface area contributed by atoms with Crippen molar-refractivity contribution in [3.63, 3.8) is 0 Å². The van der Waals surface area contributed by atoms with Crippen molar-refractivity contribution in [2.24, 2.45) is 0 Å². The van der Waals surface area contributed by atoms with Crippen molar-refractivity contribution in [1.82, 2.24) is 5.32 Å². The lowest BCUT2D eigenvalue weighted by molar-refractivity contribution is 0.0531. The van der Waals surface area contributed by atoms with Crippen LogP contribution in [-0.4, -0.2) is 18.2 Å². The maximum absolute atomic E-state index is 10.7. The Kier molecular flexibility index (Phi) is 8.01. The summed E-state index contributed by atoms with van der Waals surface area (Å²) in [5.41, 5.74) is -0.390. The number of carbonyl (C=O) groups excluding carboxylic acids is 1. The maximum atomic E-state index is 10.7. The molecule has 0 aromatic carbocycles. The van der Waals surface area contributed by atoms with Crippen molar-refractivity contribution in [3.05, 3.63) is 0 Å². The highest BCUT2D eigenvalue weighted by Crippen LogP contribution is 2.05. The van der Waals surface area contributed by atoms with Gasteiger partial charge in [-0.25, -0.2) is 4.79 Å². The molecule has 0 spiro atoms. The molecule has 0 aromatic heterocycles. The number of hydrogen-bond acceptors (Lipinski definition) is 2. The van der Waals surface area contributed by atoms with E-state index in [1.54, 1.807) is 0 Å². The molecule has 0 rings (SSSR count). The summed E-state index contributed by atoms with van der Waals surface area (Å²) in [7, 11) is 0. The average molecular weight is 175 g/mol. The topological polar surface area (TPSA) is 38.3 Å². The third-order valence-electron chi connectivity index (χ3n) is 0.720. The molecular formula is C9H21NO2. The predicted octanol–water partition coefficient (Wildman–Crippen LogP) is 2.56. The van der Waals surface area contributed by atoms with E-state index >= 15 is 0 Å². The van der Waals surface area contributed by atoms with Crippen LogP contribution in [0.4, 0.5) is 4.79 Å². The van der Waals surface area contributed by atoms with Crippen LogP contribution in [0.3, 0.4) is 0 Å². The van der Waals surface area contributed by atoms with Crippen LogP contribution in [0.15, 0.2) is 0 Å². The summed E-state index contributed by atoms with van der Waals surface area (Å²) >= 11 is 0. The second kappa shape index (κ2) is 6.95. The van der Waals surface area contributed by atoms with Gasteiger partial charge in [-0.15, -0.1) is 0 Å². The zero-order valence-corrected chi connectivity index (χ0v) is 9.02. The lowest BCUT2D eigenvalue weighted by Crippen LogP contribution is -2.32. The van der Waals surface area contributed by atoms with Gasteiger partial charge in [0.05, 0.1) is 0 Å². The van der Waals surface area contributed by atoms with Gasteiger partial charge in [-0.1, -0.05) is 13.8 Å². The van der Waals surface area contributed by atoms with Gasteiger partial charge in [0.1, 0.15) is 5.60 Å². The molecule has 3 heteroatoms. The molecule has 0 aliphatic heterocycles. The first-order chi connectivity index (χ1) is 5.45. The minimum absolute atomic E-state index is 0.352. The van der Waals surface area contributed by atoms with Crippen LogP contribution in [0.5, 0.6) is 0 Å². The first-order valence-corrected chi connectivity index (χ1v) is 4.42. The minimum Gasteiger partial charge on any atom is -0.444 e. The highest BCUT2D eigenvalue weighted by molar-refractivity contribution is 5.67. The summed E-state index contributed by atoms with van der Waals surface area (Å²) in [6, 6.07) is 0. The van der Waals surface area contributed by atoms with Gasteiger partial charge in [0.2, 0.25) is 0 Å². The lowest BCUT2D eigenvalue weighted by atomic mass is 10.2. The van der Waals surface area contributed by atoms with Crippen molar-refractivity contribution in [1.29, 1.82) is 0 Å². The van der Waals surface area contributed by atoms with E-state index in [4.69, 9.17) is 4.74 Å². The van der Waals surface area contributed by atoms with Gasteiger partial charge in [0.25, 0.3) is 0 Å². The molecule has 0 unspecified atom stereocenters. The van der Waals surface area contributed by atoms with Crippen molar-refractivity contribution < 1.29 is 9.53 Å². The molecule has 0 heterocycles. The Morgan fingerprint density at radius 3 is 2.00 bits per heavy atom. The second-order valence-electron chi connectivity index (χ2n) is 3.03. The Morgan fingerprint density at radius 2 is 1.75 bits per heavy atom. The Bertz CT molecular complexity index is 116. The van der Waals surface area contributed by atoms with E-state index in [-0.39, 0.29) is 11.7 Å². The molecule has 1 N–H and O–H groups in total. The molecule has 74 valence electrons. The van der Waals surface area contributed by atoms with Crippen LogP contribution >= 0.6 is 0 Å². The van der Waals surface area contributed by atoms with Crippen LogP contribution in [0, 0.1) is 0 Å². The van der Waals surface area contributed by atoms with Gasteiger partial charge in [-0.3, -0.25) is 0 Å². The van der Waals surface area contributed by atoms with Gasteiger partial charge in [-0.2, -0.15) is 0 Å². The van der Waals surface area contributed by atoms with Crippen molar-refractivity contribution >= 4 is 6.09 Å². The quantitative estimate of drug-likeness (QED) is 0.665.